The molecule has 1 aromatic carbocycles. The van der Waals surface area contributed by atoms with Crippen molar-refractivity contribution in [3.8, 4) is 5.75 Å². The quantitative estimate of drug-likeness (QED) is 0.791. The van der Waals surface area contributed by atoms with Crippen LogP contribution < -0.4 is 10.1 Å². The number of aryl methyl sites for hydroxylation is 1. The van der Waals surface area contributed by atoms with Gasteiger partial charge in [0.25, 0.3) is 0 Å². The predicted octanol–water partition coefficient (Wildman–Crippen LogP) is 3.51. The molecule has 1 heterocycles. The molecule has 4 nitrogen and oxygen atoms in total. The Labute approximate surface area is 137 Å². The molecule has 0 radical (unpaired) electrons. The molecular weight excluding hydrogens is 323 g/mol. The van der Waals surface area contributed by atoms with Crippen LogP contribution in [0, 0.1) is 16.7 Å². The summed E-state index contributed by atoms with van der Waals surface area (Å²) < 4.78 is 19.5. The standard InChI is InChI=1S/C15H17FN2O2S2/c1-3-20-12-5-4-10(6-11(12)16)8-17-14(19)7-13-9(2)18-15(21)22-13/h4-6H,3,7-8H2,1-2H3,(H,17,19)(H,18,21). The number of amides is 1. The number of aromatic amines is 1. The zero-order valence-electron chi connectivity index (χ0n) is 12.4. The van der Waals surface area contributed by atoms with E-state index in [1.165, 1.54) is 17.4 Å². The SMILES string of the molecule is CCOc1ccc(CNC(=O)Cc2sc(=S)[nH]c2C)cc1F. The minimum Gasteiger partial charge on any atom is -0.491 e. The lowest BCUT2D eigenvalue weighted by atomic mass is 10.2. The molecule has 0 saturated heterocycles. The van der Waals surface area contributed by atoms with Crippen LogP contribution in [0.1, 0.15) is 23.1 Å². The summed E-state index contributed by atoms with van der Waals surface area (Å²) >= 11 is 6.44. The third-order valence-corrected chi connectivity index (χ3v) is 4.37. The van der Waals surface area contributed by atoms with Crippen LogP contribution in [0.2, 0.25) is 0 Å². The van der Waals surface area contributed by atoms with E-state index in [1.54, 1.807) is 19.1 Å². The molecule has 22 heavy (non-hydrogen) atoms. The first-order chi connectivity index (χ1) is 10.5. The van der Waals surface area contributed by atoms with Gasteiger partial charge in [0.2, 0.25) is 5.91 Å². The van der Waals surface area contributed by atoms with E-state index < -0.39 is 5.82 Å². The summed E-state index contributed by atoms with van der Waals surface area (Å²) in [6.45, 7) is 4.37. The molecule has 0 spiro atoms. The minimum atomic E-state index is -0.423. The molecule has 7 heteroatoms. The van der Waals surface area contributed by atoms with Crippen LogP contribution in [-0.4, -0.2) is 17.5 Å². The first kappa shape index (κ1) is 16.6. The first-order valence-electron chi connectivity index (χ1n) is 6.86. The second kappa shape index (κ2) is 7.51. The Kier molecular flexibility index (Phi) is 5.68. The zero-order valence-corrected chi connectivity index (χ0v) is 14.0. The third kappa shape index (κ3) is 4.38. The molecular formula is C15H17FN2O2S2. The maximum absolute atomic E-state index is 13.7. The summed E-state index contributed by atoms with van der Waals surface area (Å²) in [7, 11) is 0. The average molecular weight is 340 g/mol. The Morgan fingerprint density at radius 1 is 1.50 bits per heavy atom. The van der Waals surface area contributed by atoms with Crippen LogP contribution in [0.15, 0.2) is 18.2 Å². The largest absolute Gasteiger partial charge is 0.491 e. The molecule has 2 aromatic rings. The first-order valence-corrected chi connectivity index (χ1v) is 8.08. The lowest BCUT2D eigenvalue weighted by molar-refractivity contribution is -0.120. The van der Waals surface area contributed by atoms with Crippen LogP contribution in [0.25, 0.3) is 0 Å². The van der Waals surface area contributed by atoms with Crippen LogP contribution in [-0.2, 0) is 17.8 Å². The number of nitrogens with one attached hydrogen (secondary N) is 2. The van der Waals surface area contributed by atoms with E-state index in [2.05, 4.69) is 10.3 Å². The summed E-state index contributed by atoms with van der Waals surface area (Å²) in [6.07, 6.45) is 0.267. The fourth-order valence-electron chi connectivity index (χ4n) is 1.94. The fraction of sp³-hybridized carbons (Fsp3) is 0.333. The second-order valence-electron chi connectivity index (χ2n) is 4.71. The number of aromatic nitrogens is 1. The Morgan fingerprint density at radius 2 is 2.27 bits per heavy atom. The number of thiazole rings is 1. The highest BCUT2D eigenvalue weighted by atomic mass is 32.1. The normalized spacial score (nSPS) is 10.5. The molecule has 0 atom stereocenters. The molecule has 1 aromatic heterocycles. The number of ether oxygens (including phenoxy) is 1. The molecule has 2 N–H and O–H groups in total. The van der Waals surface area contributed by atoms with Gasteiger partial charge in [-0.2, -0.15) is 0 Å². The fourth-order valence-corrected chi connectivity index (χ4v) is 3.23. The van der Waals surface area contributed by atoms with Gasteiger partial charge >= 0.3 is 0 Å². The molecule has 2 rings (SSSR count). The average Bonchev–Trinajstić information content (AvgIpc) is 2.77. The Balaban J connectivity index is 1.92. The molecule has 0 aliphatic rings. The molecule has 0 fully saturated rings. The van der Waals surface area contributed by atoms with Gasteiger partial charge in [-0.25, -0.2) is 4.39 Å². The molecule has 118 valence electrons. The van der Waals surface area contributed by atoms with Crippen molar-refractivity contribution >= 4 is 29.5 Å². The second-order valence-corrected chi connectivity index (χ2v) is 6.49. The number of hydrogen-bond donors (Lipinski definition) is 2. The van der Waals surface area contributed by atoms with Gasteiger partial charge in [0.05, 0.1) is 13.0 Å². The number of H-pyrrole nitrogens is 1. The van der Waals surface area contributed by atoms with Crippen LogP contribution in [0.3, 0.4) is 0 Å². The lowest BCUT2D eigenvalue weighted by Gasteiger charge is -2.08. The van der Waals surface area contributed by atoms with Gasteiger partial charge < -0.3 is 15.0 Å². The van der Waals surface area contributed by atoms with Crippen molar-refractivity contribution in [2.75, 3.05) is 6.61 Å². The van der Waals surface area contributed by atoms with Crippen molar-refractivity contribution in [3.63, 3.8) is 0 Å². The Bertz CT molecular complexity index is 725. The van der Waals surface area contributed by atoms with Gasteiger partial charge in [0.15, 0.2) is 15.5 Å². The van der Waals surface area contributed by atoms with Gasteiger partial charge in [0.1, 0.15) is 0 Å². The van der Waals surface area contributed by atoms with E-state index in [-0.39, 0.29) is 24.6 Å². The van der Waals surface area contributed by atoms with E-state index in [4.69, 9.17) is 17.0 Å². The van der Waals surface area contributed by atoms with Gasteiger partial charge in [-0.15, -0.1) is 11.3 Å². The van der Waals surface area contributed by atoms with Crippen LogP contribution >= 0.6 is 23.6 Å². The highest BCUT2D eigenvalue weighted by Gasteiger charge is 2.09. The van der Waals surface area contributed by atoms with E-state index in [9.17, 15) is 9.18 Å². The Hall–Kier alpha value is -1.73. The molecule has 1 amide bonds. The maximum atomic E-state index is 13.7. The molecule has 0 aliphatic carbocycles. The highest BCUT2D eigenvalue weighted by molar-refractivity contribution is 7.73. The summed E-state index contributed by atoms with van der Waals surface area (Å²) in [5.74, 6) is -0.323. The highest BCUT2D eigenvalue weighted by Crippen LogP contribution is 2.18. The number of rotatable bonds is 6. The van der Waals surface area contributed by atoms with Crippen molar-refractivity contribution in [2.45, 2.75) is 26.8 Å². The van der Waals surface area contributed by atoms with Crippen molar-refractivity contribution in [1.82, 2.24) is 10.3 Å². The van der Waals surface area contributed by atoms with Gasteiger partial charge in [0, 0.05) is 17.1 Å². The third-order valence-electron chi connectivity index (χ3n) is 3.03. The lowest BCUT2D eigenvalue weighted by Crippen LogP contribution is -2.24. The van der Waals surface area contributed by atoms with E-state index >= 15 is 0 Å². The van der Waals surface area contributed by atoms with Gasteiger partial charge in [-0.3, -0.25) is 4.79 Å². The van der Waals surface area contributed by atoms with Crippen LogP contribution in [0.5, 0.6) is 5.75 Å². The smallest absolute Gasteiger partial charge is 0.225 e. The van der Waals surface area contributed by atoms with Crippen molar-refractivity contribution in [2.24, 2.45) is 0 Å². The predicted molar refractivity (Wildman–Crippen MR) is 87.4 cm³/mol. The minimum absolute atomic E-state index is 0.123. The summed E-state index contributed by atoms with van der Waals surface area (Å²) in [6, 6.07) is 4.68. The van der Waals surface area contributed by atoms with Crippen molar-refractivity contribution in [1.29, 1.82) is 0 Å². The topological polar surface area (TPSA) is 54.1 Å². The van der Waals surface area contributed by atoms with E-state index in [1.807, 2.05) is 6.92 Å². The van der Waals surface area contributed by atoms with Crippen molar-refractivity contribution < 1.29 is 13.9 Å². The number of halogens is 1. The van der Waals surface area contributed by atoms with E-state index in [0.29, 0.717) is 16.1 Å². The summed E-state index contributed by atoms with van der Waals surface area (Å²) in [5.41, 5.74) is 1.60. The van der Waals surface area contributed by atoms with Crippen molar-refractivity contribution in [3.05, 3.63) is 44.1 Å². The number of benzene rings is 1. The molecule has 0 bridgehead atoms. The maximum Gasteiger partial charge on any atom is 0.225 e. The monoisotopic (exact) mass is 340 g/mol. The summed E-state index contributed by atoms with van der Waals surface area (Å²) in [5, 5.41) is 2.77. The van der Waals surface area contributed by atoms with E-state index in [0.717, 1.165) is 10.6 Å². The molecule has 0 aliphatic heterocycles. The number of hydrogen-bond acceptors (Lipinski definition) is 4. The zero-order chi connectivity index (χ0) is 16.1. The Morgan fingerprint density at radius 3 is 2.86 bits per heavy atom. The van der Waals surface area contributed by atoms with Crippen LogP contribution in [0.4, 0.5) is 4.39 Å². The number of carbonyl (C=O) groups is 1. The molecule has 0 unspecified atom stereocenters. The summed E-state index contributed by atoms with van der Waals surface area (Å²) in [4.78, 5) is 15.8. The van der Waals surface area contributed by atoms with Gasteiger partial charge in [-0.05, 0) is 43.8 Å². The van der Waals surface area contributed by atoms with Gasteiger partial charge in [-0.1, -0.05) is 6.07 Å². The number of carbonyl (C=O) groups excluding carboxylic acids is 1. The molecule has 0 saturated carbocycles.